The van der Waals surface area contributed by atoms with Gasteiger partial charge in [0.05, 0.1) is 0 Å². The molecule has 0 bridgehead atoms. The van der Waals surface area contributed by atoms with Crippen molar-refractivity contribution >= 4 is 23.3 Å². The van der Waals surface area contributed by atoms with E-state index in [4.69, 9.17) is 4.74 Å². The first-order valence-electron chi connectivity index (χ1n) is 8.48. The molecule has 2 heterocycles. The summed E-state index contributed by atoms with van der Waals surface area (Å²) < 4.78 is 18.8. The van der Waals surface area contributed by atoms with Crippen LogP contribution in [-0.2, 0) is 9.59 Å². The van der Waals surface area contributed by atoms with Gasteiger partial charge in [0, 0.05) is 18.4 Å². The van der Waals surface area contributed by atoms with Crippen LogP contribution < -0.4 is 15.0 Å². The lowest BCUT2D eigenvalue weighted by atomic mass is 10.0. The SMILES string of the molecule is CCCCN1C(=O)C(C)(C(=O)Nc2ccc(F)cc2)Oc2cccnc21. The minimum absolute atomic E-state index is 0.375. The first kappa shape index (κ1) is 17.8. The van der Waals surface area contributed by atoms with E-state index in [1.54, 1.807) is 18.3 Å². The van der Waals surface area contributed by atoms with Gasteiger partial charge in [-0.25, -0.2) is 9.37 Å². The predicted octanol–water partition coefficient (Wildman–Crippen LogP) is 3.14. The summed E-state index contributed by atoms with van der Waals surface area (Å²) in [6, 6.07) is 8.67. The molecule has 1 aliphatic rings. The van der Waals surface area contributed by atoms with Crippen molar-refractivity contribution in [3.05, 3.63) is 48.4 Å². The van der Waals surface area contributed by atoms with E-state index in [0.717, 1.165) is 12.8 Å². The minimum Gasteiger partial charge on any atom is -0.464 e. The van der Waals surface area contributed by atoms with Gasteiger partial charge >= 0.3 is 0 Å². The summed E-state index contributed by atoms with van der Waals surface area (Å²) >= 11 is 0. The number of unbranched alkanes of at least 4 members (excludes halogenated alkanes) is 1. The van der Waals surface area contributed by atoms with Crippen molar-refractivity contribution in [1.82, 2.24) is 4.98 Å². The van der Waals surface area contributed by atoms with Crippen LogP contribution in [-0.4, -0.2) is 28.9 Å². The van der Waals surface area contributed by atoms with E-state index >= 15 is 0 Å². The Balaban J connectivity index is 1.91. The van der Waals surface area contributed by atoms with Crippen LogP contribution >= 0.6 is 0 Å². The van der Waals surface area contributed by atoms with Gasteiger partial charge in [0.2, 0.25) is 0 Å². The van der Waals surface area contributed by atoms with Crippen molar-refractivity contribution in [1.29, 1.82) is 0 Å². The second-order valence-corrected chi connectivity index (χ2v) is 6.23. The zero-order chi connectivity index (χ0) is 18.7. The first-order valence-corrected chi connectivity index (χ1v) is 8.48. The molecule has 0 fully saturated rings. The number of carbonyl (C=O) groups is 2. The van der Waals surface area contributed by atoms with Gasteiger partial charge in [-0.15, -0.1) is 0 Å². The molecule has 3 rings (SSSR count). The lowest BCUT2D eigenvalue weighted by Gasteiger charge is -2.38. The summed E-state index contributed by atoms with van der Waals surface area (Å²) in [4.78, 5) is 31.6. The summed E-state index contributed by atoms with van der Waals surface area (Å²) in [5, 5.41) is 2.62. The van der Waals surface area contributed by atoms with Crippen molar-refractivity contribution in [3.8, 4) is 5.75 Å². The molecule has 1 aliphatic heterocycles. The number of rotatable bonds is 5. The van der Waals surface area contributed by atoms with Crippen LogP contribution in [0.3, 0.4) is 0 Å². The smallest absolute Gasteiger partial charge is 0.282 e. The molecule has 0 saturated heterocycles. The van der Waals surface area contributed by atoms with Crippen molar-refractivity contribution in [2.75, 3.05) is 16.8 Å². The summed E-state index contributed by atoms with van der Waals surface area (Å²) in [5.41, 5.74) is -1.36. The van der Waals surface area contributed by atoms with Gasteiger partial charge < -0.3 is 10.1 Å². The van der Waals surface area contributed by atoms with Crippen LogP contribution in [0.4, 0.5) is 15.9 Å². The third-order valence-electron chi connectivity index (χ3n) is 4.24. The monoisotopic (exact) mass is 357 g/mol. The number of aromatic nitrogens is 1. The zero-order valence-corrected chi connectivity index (χ0v) is 14.7. The van der Waals surface area contributed by atoms with E-state index in [9.17, 15) is 14.0 Å². The predicted molar refractivity (Wildman–Crippen MR) is 95.6 cm³/mol. The Morgan fingerprint density at radius 2 is 2.04 bits per heavy atom. The lowest BCUT2D eigenvalue weighted by molar-refractivity contribution is -0.145. The number of anilines is 2. The molecule has 2 aromatic rings. The second-order valence-electron chi connectivity index (χ2n) is 6.23. The number of pyridine rings is 1. The Bertz CT molecular complexity index is 825. The molecule has 1 aromatic carbocycles. The molecule has 136 valence electrons. The van der Waals surface area contributed by atoms with Crippen LogP contribution in [0, 0.1) is 5.82 Å². The van der Waals surface area contributed by atoms with Gasteiger partial charge in [-0.3, -0.25) is 14.5 Å². The van der Waals surface area contributed by atoms with E-state index in [2.05, 4.69) is 10.3 Å². The number of benzene rings is 1. The normalized spacial score (nSPS) is 18.9. The lowest BCUT2D eigenvalue weighted by Crippen LogP contribution is -2.61. The van der Waals surface area contributed by atoms with Gasteiger partial charge in [-0.2, -0.15) is 0 Å². The highest BCUT2D eigenvalue weighted by molar-refractivity contribution is 6.19. The quantitative estimate of drug-likeness (QED) is 0.835. The van der Waals surface area contributed by atoms with E-state index in [-0.39, 0.29) is 0 Å². The van der Waals surface area contributed by atoms with E-state index < -0.39 is 23.2 Å². The average molecular weight is 357 g/mol. The third kappa shape index (κ3) is 3.24. The number of carbonyl (C=O) groups excluding carboxylic acids is 2. The number of hydrogen-bond acceptors (Lipinski definition) is 4. The molecular formula is C19H20FN3O3. The van der Waals surface area contributed by atoms with E-state index in [0.29, 0.717) is 23.8 Å². The fraction of sp³-hybridized carbons (Fsp3) is 0.316. The summed E-state index contributed by atoms with van der Waals surface area (Å²) in [7, 11) is 0. The van der Waals surface area contributed by atoms with Crippen LogP contribution in [0.15, 0.2) is 42.6 Å². The van der Waals surface area contributed by atoms with Crippen molar-refractivity contribution in [2.45, 2.75) is 32.3 Å². The Morgan fingerprint density at radius 1 is 1.31 bits per heavy atom. The molecule has 0 saturated carbocycles. The fourth-order valence-electron chi connectivity index (χ4n) is 2.73. The van der Waals surface area contributed by atoms with Crippen LogP contribution in [0.5, 0.6) is 5.75 Å². The highest BCUT2D eigenvalue weighted by Crippen LogP contribution is 2.36. The molecule has 1 aromatic heterocycles. The largest absolute Gasteiger partial charge is 0.464 e. The molecule has 26 heavy (non-hydrogen) atoms. The standard InChI is InChI=1S/C19H20FN3O3/c1-3-4-12-23-16-15(6-5-11-21-16)26-19(2,18(23)25)17(24)22-14-9-7-13(20)8-10-14/h5-11H,3-4,12H2,1-2H3,(H,22,24). The number of nitrogens with one attached hydrogen (secondary N) is 1. The number of nitrogens with zero attached hydrogens (tertiary/aromatic N) is 2. The third-order valence-corrected chi connectivity index (χ3v) is 4.24. The van der Waals surface area contributed by atoms with E-state index in [1.807, 2.05) is 6.92 Å². The van der Waals surface area contributed by atoms with Gasteiger partial charge in [0.15, 0.2) is 11.6 Å². The van der Waals surface area contributed by atoms with E-state index in [1.165, 1.54) is 36.1 Å². The van der Waals surface area contributed by atoms with Crippen LogP contribution in [0.25, 0.3) is 0 Å². The van der Waals surface area contributed by atoms with Crippen LogP contribution in [0.2, 0.25) is 0 Å². The fourth-order valence-corrected chi connectivity index (χ4v) is 2.73. The topological polar surface area (TPSA) is 71.5 Å². The number of halogens is 1. The average Bonchev–Trinajstić information content (AvgIpc) is 2.64. The Kier molecular flexibility index (Phi) is 4.88. The van der Waals surface area contributed by atoms with Gasteiger partial charge in [-0.05, 0) is 49.7 Å². The Labute approximate surface area is 151 Å². The number of ether oxygens (including phenoxy) is 1. The van der Waals surface area contributed by atoms with Gasteiger partial charge in [-0.1, -0.05) is 13.3 Å². The molecule has 7 heteroatoms. The van der Waals surface area contributed by atoms with Gasteiger partial charge in [0.25, 0.3) is 17.4 Å². The van der Waals surface area contributed by atoms with Crippen molar-refractivity contribution in [2.24, 2.45) is 0 Å². The molecule has 1 atom stereocenters. The Hall–Kier alpha value is -2.96. The maximum absolute atomic E-state index is 13.0. The molecular weight excluding hydrogens is 337 g/mol. The Morgan fingerprint density at radius 3 is 2.73 bits per heavy atom. The molecule has 0 radical (unpaired) electrons. The maximum Gasteiger partial charge on any atom is 0.282 e. The number of fused-ring (bicyclic) bond motifs is 1. The highest BCUT2D eigenvalue weighted by atomic mass is 19.1. The summed E-state index contributed by atoms with van der Waals surface area (Å²) in [6.07, 6.45) is 3.25. The van der Waals surface area contributed by atoms with Crippen molar-refractivity contribution < 1.29 is 18.7 Å². The maximum atomic E-state index is 13.0. The number of hydrogen-bond donors (Lipinski definition) is 1. The molecule has 0 aliphatic carbocycles. The molecule has 0 spiro atoms. The summed E-state index contributed by atoms with van der Waals surface area (Å²) in [5.74, 6) is -0.718. The zero-order valence-electron chi connectivity index (χ0n) is 14.7. The van der Waals surface area contributed by atoms with Gasteiger partial charge in [0.1, 0.15) is 5.82 Å². The first-order chi connectivity index (χ1) is 12.5. The molecule has 2 amide bonds. The van der Waals surface area contributed by atoms with Crippen molar-refractivity contribution in [3.63, 3.8) is 0 Å². The number of amides is 2. The minimum atomic E-state index is -1.74. The second kappa shape index (κ2) is 7.11. The van der Waals surface area contributed by atoms with Crippen LogP contribution in [0.1, 0.15) is 26.7 Å². The molecule has 1 N–H and O–H groups in total. The summed E-state index contributed by atoms with van der Waals surface area (Å²) in [6.45, 7) is 3.90. The highest BCUT2D eigenvalue weighted by Gasteiger charge is 2.51. The molecule has 1 unspecified atom stereocenters. The molecule has 6 nitrogen and oxygen atoms in total.